The molecule has 5 rings (SSSR count). The summed E-state index contributed by atoms with van der Waals surface area (Å²) in [5, 5.41) is 27.3. The van der Waals surface area contributed by atoms with Gasteiger partial charge in [-0.2, -0.15) is 18.2 Å². The number of piperidine rings is 1. The number of nitrogens with zero attached hydrogens (tertiary/aromatic N) is 4. The molecule has 1 aliphatic rings. The molecular weight excluding hydrogens is 505 g/mol. The van der Waals surface area contributed by atoms with Gasteiger partial charge in [0.2, 0.25) is 11.6 Å². The van der Waals surface area contributed by atoms with E-state index in [1.54, 1.807) is 42.5 Å². The van der Waals surface area contributed by atoms with Gasteiger partial charge in [-0.1, -0.05) is 64.9 Å². The van der Waals surface area contributed by atoms with E-state index in [4.69, 9.17) is 9.05 Å². The largest absolute Gasteiger partial charge is 0.481 e. The molecule has 1 saturated heterocycles. The predicted molar refractivity (Wildman–Crippen MR) is 127 cm³/mol. The summed E-state index contributed by atoms with van der Waals surface area (Å²) in [6.45, 7) is 1.37. The van der Waals surface area contributed by atoms with Crippen LogP contribution >= 0.6 is 0 Å². The third kappa shape index (κ3) is 5.31. The second kappa shape index (κ2) is 10.4. The minimum absolute atomic E-state index is 0.0344. The van der Waals surface area contributed by atoms with E-state index in [-0.39, 0.29) is 23.6 Å². The number of rotatable bonds is 7. The molecule has 2 aromatic carbocycles. The van der Waals surface area contributed by atoms with Gasteiger partial charge in [-0.3, -0.25) is 9.69 Å². The normalized spacial score (nSPS) is 17.4. The molecule has 9 nitrogen and oxygen atoms in total. The first kappa shape index (κ1) is 25.6. The lowest BCUT2D eigenvalue weighted by Gasteiger charge is -2.32. The lowest BCUT2D eigenvalue weighted by molar-refractivity contribution is -0.143. The standard InChI is InChI=1S/C26H23F3N4O5/c27-26(28,29)20-21(16-5-2-1-3-6-16)31-37-22(20)24-30-23(32-38-24)17-10-8-15(9-11-17)19(34)14-33-12-4-7-18(13-33)25(35)36/h1-3,5-6,8-11,18-19,34H,4,7,12-14H2,(H,35,36). The Hall–Kier alpha value is -4.03. The molecule has 2 unspecified atom stereocenters. The summed E-state index contributed by atoms with van der Waals surface area (Å²) in [7, 11) is 0. The fourth-order valence-corrected chi connectivity index (χ4v) is 4.55. The molecule has 12 heteroatoms. The van der Waals surface area contributed by atoms with Crippen LogP contribution in [0, 0.1) is 5.92 Å². The summed E-state index contributed by atoms with van der Waals surface area (Å²) >= 11 is 0. The van der Waals surface area contributed by atoms with E-state index >= 15 is 0 Å². The van der Waals surface area contributed by atoms with Crippen LogP contribution in [0.15, 0.2) is 63.6 Å². The Morgan fingerprint density at radius 3 is 2.47 bits per heavy atom. The number of β-amino-alcohol motifs (C(OH)–C–C–N with tert-alkyl or cyclic N) is 1. The molecule has 0 radical (unpaired) electrons. The number of alkyl halides is 3. The molecule has 0 saturated carbocycles. The van der Waals surface area contributed by atoms with Crippen molar-refractivity contribution in [1.29, 1.82) is 0 Å². The zero-order valence-electron chi connectivity index (χ0n) is 19.9. The SMILES string of the molecule is O=C(O)C1CCCN(CC(O)c2ccc(-c3noc(-c4onc(-c5ccccc5)c4C(F)(F)F)n3)cc2)C1. The maximum absolute atomic E-state index is 13.9. The second-order valence-electron chi connectivity index (χ2n) is 9.10. The molecule has 0 bridgehead atoms. The summed E-state index contributed by atoms with van der Waals surface area (Å²) in [5.41, 5.74) is -0.213. The number of carboxylic acid groups (broad SMARTS) is 1. The number of benzene rings is 2. The fraction of sp³-hybridized carbons (Fsp3) is 0.308. The first-order valence-electron chi connectivity index (χ1n) is 11.9. The Kier molecular flexibility index (Phi) is 7.00. The zero-order valence-corrected chi connectivity index (χ0v) is 19.9. The van der Waals surface area contributed by atoms with Gasteiger partial charge in [0, 0.05) is 24.2 Å². The molecular formula is C26H23F3N4O5. The Balaban J connectivity index is 1.34. The lowest BCUT2D eigenvalue weighted by Crippen LogP contribution is -2.40. The number of likely N-dealkylation sites (tertiary alicyclic amines) is 1. The van der Waals surface area contributed by atoms with Gasteiger partial charge in [0.1, 0.15) is 11.3 Å². The smallest absolute Gasteiger partial charge is 0.422 e. The number of aliphatic carboxylic acids is 1. The van der Waals surface area contributed by atoms with Crippen molar-refractivity contribution in [3.05, 3.63) is 65.7 Å². The summed E-state index contributed by atoms with van der Waals surface area (Å²) in [6.07, 6.45) is -4.27. The molecule has 3 heterocycles. The molecule has 38 heavy (non-hydrogen) atoms. The Labute approximate surface area is 214 Å². The summed E-state index contributed by atoms with van der Waals surface area (Å²) < 4.78 is 52.0. The minimum atomic E-state index is -4.79. The zero-order chi connectivity index (χ0) is 26.9. The van der Waals surface area contributed by atoms with Crippen LogP contribution in [0.3, 0.4) is 0 Å². The maximum Gasteiger partial charge on any atom is 0.422 e. The third-order valence-electron chi connectivity index (χ3n) is 6.48. The quantitative estimate of drug-likeness (QED) is 0.344. The first-order valence-corrected chi connectivity index (χ1v) is 11.9. The van der Waals surface area contributed by atoms with Gasteiger partial charge >= 0.3 is 12.1 Å². The molecule has 4 aromatic rings. The summed E-state index contributed by atoms with van der Waals surface area (Å²) in [5.74, 6) is -2.39. The number of aliphatic hydroxyl groups is 1. The van der Waals surface area contributed by atoms with Gasteiger partial charge in [-0.25, -0.2) is 0 Å². The van der Waals surface area contributed by atoms with Gasteiger partial charge in [0.25, 0.3) is 5.89 Å². The molecule has 2 atom stereocenters. The number of halogens is 3. The molecule has 2 aromatic heterocycles. The van der Waals surface area contributed by atoms with Crippen LogP contribution in [-0.2, 0) is 11.0 Å². The molecule has 1 aliphatic heterocycles. The van der Waals surface area contributed by atoms with Crippen LogP contribution in [0.25, 0.3) is 34.3 Å². The predicted octanol–water partition coefficient (Wildman–Crippen LogP) is 4.91. The van der Waals surface area contributed by atoms with E-state index in [1.807, 2.05) is 4.90 Å². The Morgan fingerprint density at radius 2 is 1.79 bits per heavy atom. The van der Waals surface area contributed by atoms with E-state index in [9.17, 15) is 28.2 Å². The van der Waals surface area contributed by atoms with E-state index in [0.29, 0.717) is 30.6 Å². The van der Waals surface area contributed by atoms with E-state index in [2.05, 4.69) is 15.3 Å². The van der Waals surface area contributed by atoms with E-state index < -0.39 is 41.4 Å². The average molecular weight is 528 g/mol. The molecule has 1 fully saturated rings. The average Bonchev–Trinajstić information content (AvgIpc) is 3.57. The highest BCUT2D eigenvalue weighted by Gasteiger charge is 2.43. The van der Waals surface area contributed by atoms with Crippen molar-refractivity contribution >= 4 is 5.97 Å². The van der Waals surface area contributed by atoms with Crippen LogP contribution in [0.5, 0.6) is 0 Å². The summed E-state index contributed by atoms with van der Waals surface area (Å²) in [4.78, 5) is 17.3. The monoisotopic (exact) mass is 528 g/mol. The van der Waals surface area contributed by atoms with Gasteiger partial charge in [-0.05, 0) is 24.9 Å². The number of aliphatic hydroxyl groups excluding tert-OH is 1. The maximum atomic E-state index is 13.9. The van der Waals surface area contributed by atoms with Crippen molar-refractivity contribution in [1.82, 2.24) is 20.2 Å². The topological polar surface area (TPSA) is 126 Å². The van der Waals surface area contributed by atoms with Crippen molar-refractivity contribution in [2.45, 2.75) is 25.1 Å². The highest BCUT2D eigenvalue weighted by Crippen LogP contribution is 2.43. The van der Waals surface area contributed by atoms with Crippen molar-refractivity contribution in [2.24, 2.45) is 5.92 Å². The fourth-order valence-electron chi connectivity index (χ4n) is 4.55. The molecule has 0 amide bonds. The van der Waals surface area contributed by atoms with Crippen molar-refractivity contribution < 1.29 is 37.2 Å². The van der Waals surface area contributed by atoms with Gasteiger partial charge in [0.15, 0.2) is 0 Å². The highest BCUT2D eigenvalue weighted by molar-refractivity contribution is 5.71. The number of hydrogen-bond acceptors (Lipinski definition) is 8. The van der Waals surface area contributed by atoms with Crippen LogP contribution < -0.4 is 0 Å². The Bertz CT molecular complexity index is 1400. The van der Waals surface area contributed by atoms with Gasteiger partial charge in [0.05, 0.1) is 12.0 Å². The number of carboxylic acids is 1. The second-order valence-corrected chi connectivity index (χ2v) is 9.10. The highest BCUT2D eigenvalue weighted by atomic mass is 19.4. The molecule has 0 aliphatic carbocycles. The molecule has 0 spiro atoms. The van der Waals surface area contributed by atoms with Crippen LogP contribution in [0.1, 0.15) is 30.1 Å². The molecule has 198 valence electrons. The number of carbonyl (C=O) groups is 1. The van der Waals surface area contributed by atoms with E-state index in [1.165, 1.54) is 12.1 Å². The first-order chi connectivity index (χ1) is 18.2. The van der Waals surface area contributed by atoms with Gasteiger partial charge < -0.3 is 19.3 Å². The minimum Gasteiger partial charge on any atom is -0.481 e. The van der Waals surface area contributed by atoms with Crippen molar-refractivity contribution in [3.8, 4) is 34.3 Å². The third-order valence-corrected chi connectivity index (χ3v) is 6.48. The number of aromatic nitrogens is 3. The molecule has 2 N–H and O–H groups in total. The Morgan fingerprint density at radius 1 is 1.05 bits per heavy atom. The van der Waals surface area contributed by atoms with Crippen LogP contribution in [-0.4, -0.2) is 56.0 Å². The lowest BCUT2D eigenvalue weighted by atomic mass is 9.97. The van der Waals surface area contributed by atoms with Crippen LogP contribution in [0.4, 0.5) is 13.2 Å². The summed E-state index contributed by atoms with van der Waals surface area (Å²) in [6, 6.07) is 14.4. The van der Waals surface area contributed by atoms with E-state index in [0.717, 1.165) is 6.42 Å². The van der Waals surface area contributed by atoms with Crippen molar-refractivity contribution in [3.63, 3.8) is 0 Å². The van der Waals surface area contributed by atoms with Crippen molar-refractivity contribution in [2.75, 3.05) is 19.6 Å². The van der Waals surface area contributed by atoms with Crippen LogP contribution in [0.2, 0.25) is 0 Å². The number of hydrogen-bond donors (Lipinski definition) is 2. The van der Waals surface area contributed by atoms with Gasteiger partial charge in [-0.15, -0.1) is 0 Å².